The van der Waals surface area contributed by atoms with Crippen LogP contribution in [0.4, 0.5) is 20.3 Å². The zero-order valence-electron chi connectivity index (χ0n) is 11.9. The Morgan fingerprint density at radius 2 is 1.87 bits per heavy atom. The molecule has 0 saturated carbocycles. The van der Waals surface area contributed by atoms with Crippen molar-refractivity contribution in [3.8, 4) is 0 Å². The summed E-state index contributed by atoms with van der Waals surface area (Å²) >= 11 is 12.3. The number of rotatable bonds is 5. The van der Waals surface area contributed by atoms with Gasteiger partial charge in [0.05, 0.1) is 21.2 Å². The average molecular weight is 356 g/mol. The highest BCUT2D eigenvalue weighted by atomic mass is 35.5. The number of nitrogens with zero attached hydrogens (tertiary/aromatic N) is 2. The van der Waals surface area contributed by atoms with Gasteiger partial charge in [0.1, 0.15) is 5.82 Å². The van der Waals surface area contributed by atoms with E-state index < -0.39 is 6.43 Å². The molecule has 0 aliphatic heterocycles. The van der Waals surface area contributed by atoms with Crippen molar-refractivity contribution >= 4 is 45.6 Å². The number of nitrogens with one attached hydrogen (secondary N) is 1. The summed E-state index contributed by atoms with van der Waals surface area (Å²) in [6, 6.07) is 8.83. The molecule has 7 heteroatoms. The number of benzene rings is 1. The van der Waals surface area contributed by atoms with Crippen LogP contribution in [0.2, 0.25) is 10.0 Å². The predicted octanol–water partition coefficient (Wildman–Crippen LogP) is 5.74. The van der Waals surface area contributed by atoms with Gasteiger partial charge in [-0.1, -0.05) is 29.3 Å². The largest absolute Gasteiger partial charge is 0.347 e. The van der Waals surface area contributed by atoms with Crippen molar-refractivity contribution in [3.05, 3.63) is 52.8 Å². The normalized spacial score (nSPS) is 11.3. The molecule has 0 saturated heterocycles. The lowest BCUT2D eigenvalue weighted by atomic mass is 10.2. The standard InChI is InChI=1S/C16H13Cl2F2N3/c17-11-2-1-3-12(18)15(11)22-16-10-5-8-23(9-6-14(19)20)13(10)4-7-21-16/h1-5,7-8,14H,6,9H2,(H,21,22). The minimum absolute atomic E-state index is 0.189. The van der Waals surface area contributed by atoms with Crippen LogP contribution in [-0.4, -0.2) is 16.0 Å². The molecule has 0 amide bonds. The summed E-state index contributed by atoms with van der Waals surface area (Å²) < 4.78 is 26.6. The number of halogens is 4. The van der Waals surface area contributed by atoms with E-state index in [1.807, 2.05) is 6.07 Å². The van der Waals surface area contributed by atoms with Crippen LogP contribution in [0, 0.1) is 0 Å². The van der Waals surface area contributed by atoms with Gasteiger partial charge in [0, 0.05) is 30.7 Å². The summed E-state index contributed by atoms with van der Waals surface area (Å²) in [5.41, 5.74) is 1.39. The molecule has 1 N–H and O–H groups in total. The number of para-hydroxylation sites is 1. The van der Waals surface area contributed by atoms with Gasteiger partial charge >= 0.3 is 0 Å². The number of alkyl halides is 2. The first-order valence-corrected chi connectivity index (χ1v) is 7.75. The number of hydrogen-bond acceptors (Lipinski definition) is 2. The lowest BCUT2D eigenvalue weighted by Crippen LogP contribution is -2.02. The topological polar surface area (TPSA) is 29.9 Å². The predicted molar refractivity (Wildman–Crippen MR) is 90.1 cm³/mol. The van der Waals surface area contributed by atoms with Gasteiger partial charge in [0.25, 0.3) is 0 Å². The lowest BCUT2D eigenvalue weighted by Gasteiger charge is -2.11. The first kappa shape index (κ1) is 16.0. The van der Waals surface area contributed by atoms with Gasteiger partial charge in [-0.05, 0) is 24.3 Å². The Labute approximate surface area is 141 Å². The Balaban J connectivity index is 1.96. The van der Waals surface area contributed by atoms with Crippen molar-refractivity contribution < 1.29 is 8.78 Å². The van der Waals surface area contributed by atoms with Crippen molar-refractivity contribution in [3.63, 3.8) is 0 Å². The molecule has 0 atom stereocenters. The van der Waals surface area contributed by atoms with Crippen molar-refractivity contribution in [1.82, 2.24) is 9.55 Å². The van der Waals surface area contributed by atoms with Crippen LogP contribution in [-0.2, 0) is 6.54 Å². The Kier molecular flexibility index (Phi) is 4.68. The second-order valence-electron chi connectivity index (χ2n) is 5.00. The first-order valence-electron chi connectivity index (χ1n) is 6.99. The molecule has 3 nitrogen and oxygen atoms in total. The minimum Gasteiger partial charge on any atom is -0.347 e. The first-order chi connectivity index (χ1) is 11.1. The van der Waals surface area contributed by atoms with E-state index in [1.54, 1.807) is 41.2 Å². The highest BCUT2D eigenvalue weighted by molar-refractivity contribution is 6.39. The highest BCUT2D eigenvalue weighted by Gasteiger charge is 2.12. The molecule has 0 fully saturated rings. The molecule has 1 aromatic carbocycles. The van der Waals surface area contributed by atoms with Crippen LogP contribution in [0.3, 0.4) is 0 Å². The minimum atomic E-state index is -2.33. The maximum absolute atomic E-state index is 12.4. The fraction of sp³-hybridized carbons (Fsp3) is 0.188. The molecule has 0 radical (unpaired) electrons. The summed E-state index contributed by atoms with van der Waals surface area (Å²) in [5, 5.41) is 4.90. The molecule has 0 bridgehead atoms. The molecule has 23 heavy (non-hydrogen) atoms. The molecule has 2 aromatic heterocycles. The third-order valence-corrected chi connectivity index (χ3v) is 4.12. The zero-order chi connectivity index (χ0) is 16.4. The van der Waals surface area contributed by atoms with Gasteiger partial charge < -0.3 is 9.88 Å². The third-order valence-electron chi connectivity index (χ3n) is 3.49. The Hall–Kier alpha value is -1.85. The summed E-state index contributed by atoms with van der Waals surface area (Å²) in [6.45, 7) is 0.247. The monoisotopic (exact) mass is 355 g/mol. The van der Waals surface area contributed by atoms with Gasteiger partial charge in [0.15, 0.2) is 0 Å². The molecule has 0 aliphatic carbocycles. The van der Waals surface area contributed by atoms with Gasteiger partial charge in [-0.25, -0.2) is 13.8 Å². The van der Waals surface area contributed by atoms with Crippen LogP contribution >= 0.6 is 23.2 Å². The van der Waals surface area contributed by atoms with Crippen molar-refractivity contribution in [2.75, 3.05) is 5.32 Å². The number of hydrogen-bond donors (Lipinski definition) is 1. The number of aromatic nitrogens is 2. The van der Waals surface area contributed by atoms with Crippen LogP contribution in [0.5, 0.6) is 0 Å². The van der Waals surface area contributed by atoms with E-state index in [0.29, 0.717) is 21.6 Å². The maximum Gasteiger partial charge on any atom is 0.240 e. The van der Waals surface area contributed by atoms with Gasteiger partial charge in [0.2, 0.25) is 6.43 Å². The summed E-state index contributed by atoms with van der Waals surface area (Å²) in [6.07, 6.45) is 0.877. The molecule has 3 aromatic rings. The van der Waals surface area contributed by atoms with Crippen molar-refractivity contribution in [1.29, 1.82) is 0 Å². The van der Waals surface area contributed by atoms with Crippen LogP contribution in [0.25, 0.3) is 10.9 Å². The molecular weight excluding hydrogens is 343 g/mol. The molecule has 2 heterocycles. The number of anilines is 2. The van der Waals surface area contributed by atoms with E-state index in [0.717, 1.165) is 10.9 Å². The average Bonchev–Trinajstić information content (AvgIpc) is 2.93. The second-order valence-corrected chi connectivity index (χ2v) is 5.82. The van der Waals surface area contributed by atoms with Gasteiger partial charge in [-0.3, -0.25) is 0 Å². The molecule has 0 aliphatic rings. The van der Waals surface area contributed by atoms with Crippen LogP contribution < -0.4 is 5.32 Å². The molecule has 120 valence electrons. The van der Waals surface area contributed by atoms with E-state index in [9.17, 15) is 8.78 Å². The Morgan fingerprint density at radius 3 is 2.57 bits per heavy atom. The SMILES string of the molecule is FC(F)CCn1ccc2c(Nc3c(Cl)cccc3Cl)nccc21. The Morgan fingerprint density at radius 1 is 1.13 bits per heavy atom. The van der Waals surface area contributed by atoms with Crippen LogP contribution in [0.15, 0.2) is 42.7 Å². The third kappa shape index (κ3) is 3.41. The lowest BCUT2D eigenvalue weighted by molar-refractivity contribution is 0.132. The highest BCUT2D eigenvalue weighted by Crippen LogP contribution is 2.34. The van der Waals surface area contributed by atoms with Crippen molar-refractivity contribution in [2.45, 2.75) is 19.4 Å². The van der Waals surface area contributed by atoms with E-state index in [4.69, 9.17) is 23.2 Å². The summed E-state index contributed by atoms with van der Waals surface area (Å²) in [5.74, 6) is 0.577. The molecular formula is C16H13Cl2F2N3. The van der Waals surface area contributed by atoms with E-state index >= 15 is 0 Å². The number of fused-ring (bicyclic) bond motifs is 1. The zero-order valence-corrected chi connectivity index (χ0v) is 13.5. The van der Waals surface area contributed by atoms with Gasteiger partial charge in [-0.15, -0.1) is 0 Å². The van der Waals surface area contributed by atoms with Gasteiger partial charge in [-0.2, -0.15) is 0 Å². The van der Waals surface area contributed by atoms with Crippen LogP contribution in [0.1, 0.15) is 6.42 Å². The second kappa shape index (κ2) is 6.72. The Bertz CT molecular complexity index is 813. The summed E-state index contributed by atoms with van der Waals surface area (Å²) in [7, 11) is 0. The van der Waals surface area contributed by atoms with E-state index in [1.165, 1.54) is 0 Å². The molecule has 0 spiro atoms. The fourth-order valence-electron chi connectivity index (χ4n) is 2.39. The quantitative estimate of drug-likeness (QED) is 0.632. The summed E-state index contributed by atoms with van der Waals surface area (Å²) in [4.78, 5) is 4.30. The molecule has 3 rings (SSSR count). The molecule has 0 unspecified atom stereocenters. The number of pyridine rings is 1. The maximum atomic E-state index is 12.4. The fourth-order valence-corrected chi connectivity index (χ4v) is 2.88. The smallest absolute Gasteiger partial charge is 0.240 e. The number of aryl methyl sites for hydroxylation is 1. The van der Waals surface area contributed by atoms with Crippen molar-refractivity contribution in [2.24, 2.45) is 0 Å². The van der Waals surface area contributed by atoms with E-state index in [-0.39, 0.29) is 13.0 Å². The van der Waals surface area contributed by atoms with E-state index in [2.05, 4.69) is 10.3 Å².